The quantitative estimate of drug-likeness (QED) is 0.834. The summed E-state index contributed by atoms with van der Waals surface area (Å²) >= 11 is 5.87. The van der Waals surface area contributed by atoms with Gasteiger partial charge in [0.25, 0.3) is 5.91 Å². The van der Waals surface area contributed by atoms with E-state index in [0.717, 1.165) is 0 Å². The average Bonchev–Trinajstić information content (AvgIpc) is 2.36. The van der Waals surface area contributed by atoms with E-state index in [-0.39, 0.29) is 17.0 Å². The molecule has 1 atom stereocenters. The van der Waals surface area contributed by atoms with Crippen molar-refractivity contribution in [1.29, 1.82) is 0 Å². The number of carbonyl (C=O) groups is 2. The minimum atomic E-state index is -0.409. The number of nitrogens with one attached hydrogen (secondary N) is 1. The lowest BCUT2D eigenvalue weighted by atomic mass is 10.1. The molecule has 0 spiro atoms. The first-order chi connectivity index (χ1) is 9.02. The molecule has 5 nitrogen and oxygen atoms in total. The van der Waals surface area contributed by atoms with Gasteiger partial charge in [0, 0.05) is 24.3 Å². The maximum Gasteiger partial charge on any atom is 0.254 e. The Labute approximate surface area is 117 Å². The van der Waals surface area contributed by atoms with E-state index < -0.39 is 6.04 Å². The van der Waals surface area contributed by atoms with Gasteiger partial charge in [0.05, 0.1) is 0 Å². The molecule has 0 saturated carbocycles. The van der Waals surface area contributed by atoms with E-state index in [1.54, 1.807) is 17.9 Å². The third kappa shape index (κ3) is 2.87. The van der Waals surface area contributed by atoms with E-state index in [1.807, 2.05) is 6.92 Å². The van der Waals surface area contributed by atoms with Crippen molar-refractivity contribution in [2.45, 2.75) is 26.3 Å². The summed E-state index contributed by atoms with van der Waals surface area (Å²) in [5.74, 6) is -0.270. The monoisotopic (exact) mass is 281 g/mol. The van der Waals surface area contributed by atoms with Crippen LogP contribution in [-0.4, -0.2) is 40.8 Å². The molecule has 1 N–H and O–H groups in total. The Morgan fingerprint density at radius 2 is 2.32 bits per heavy atom. The summed E-state index contributed by atoms with van der Waals surface area (Å²) in [4.78, 5) is 29.9. The lowest BCUT2D eigenvalue weighted by Gasteiger charge is -2.34. The third-order valence-electron chi connectivity index (χ3n) is 3.15. The van der Waals surface area contributed by atoms with Crippen LogP contribution < -0.4 is 5.32 Å². The molecule has 6 heteroatoms. The normalized spacial score (nSPS) is 19.2. The topological polar surface area (TPSA) is 62.3 Å². The fourth-order valence-electron chi connectivity index (χ4n) is 2.28. The molecule has 1 unspecified atom stereocenters. The minimum Gasteiger partial charge on any atom is -0.353 e. The predicted octanol–water partition coefficient (Wildman–Crippen LogP) is 1.39. The number of nitrogens with zero attached hydrogens (tertiary/aromatic N) is 2. The number of halogens is 1. The number of hydrogen-bond donors (Lipinski definition) is 1. The molecule has 1 aliphatic rings. The van der Waals surface area contributed by atoms with Gasteiger partial charge in [-0.2, -0.15) is 0 Å². The highest BCUT2D eigenvalue weighted by Crippen LogP contribution is 2.16. The molecule has 1 aromatic heterocycles. The van der Waals surface area contributed by atoms with E-state index in [9.17, 15) is 9.59 Å². The molecular formula is C13H16ClN3O2. The van der Waals surface area contributed by atoms with Gasteiger partial charge in [-0.3, -0.25) is 9.59 Å². The molecule has 0 aromatic carbocycles. The second kappa shape index (κ2) is 5.57. The average molecular weight is 282 g/mol. The van der Waals surface area contributed by atoms with E-state index >= 15 is 0 Å². The summed E-state index contributed by atoms with van der Waals surface area (Å²) in [5.41, 5.74) is 1.16. The highest BCUT2D eigenvalue weighted by atomic mass is 35.5. The van der Waals surface area contributed by atoms with E-state index in [0.29, 0.717) is 30.8 Å². The van der Waals surface area contributed by atoms with Crippen molar-refractivity contribution in [2.24, 2.45) is 0 Å². The number of aryl methyl sites for hydroxylation is 1. The molecule has 2 heterocycles. The van der Waals surface area contributed by atoms with Gasteiger partial charge in [-0.25, -0.2) is 4.98 Å². The van der Waals surface area contributed by atoms with Crippen molar-refractivity contribution < 1.29 is 9.59 Å². The Hall–Kier alpha value is -1.62. The standard InChI is InChI=1S/C13H16ClN3O2/c1-3-10-12(18)15-4-5-17(10)13(19)9-6-8(2)16-11(14)7-9/h6-7,10H,3-5H2,1-2H3,(H,15,18). The first-order valence-electron chi connectivity index (χ1n) is 6.25. The van der Waals surface area contributed by atoms with Gasteiger partial charge in [-0.05, 0) is 25.5 Å². The van der Waals surface area contributed by atoms with Gasteiger partial charge >= 0.3 is 0 Å². The Balaban J connectivity index is 2.29. The van der Waals surface area contributed by atoms with Crippen molar-refractivity contribution >= 4 is 23.4 Å². The second-order valence-electron chi connectivity index (χ2n) is 4.53. The zero-order chi connectivity index (χ0) is 14.0. The van der Waals surface area contributed by atoms with Crippen molar-refractivity contribution in [3.05, 3.63) is 28.5 Å². The number of rotatable bonds is 2. The molecule has 0 aliphatic carbocycles. The number of aromatic nitrogens is 1. The summed E-state index contributed by atoms with van der Waals surface area (Å²) < 4.78 is 0. The SMILES string of the molecule is CCC1C(=O)NCCN1C(=O)c1cc(C)nc(Cl)c1. The fraction of sp³-hybridized carbons (Fsp3) is 0.462. The maximum absolute atomic E-state index is 12.5. The Morgan fingerprint density at radius 1 is 1.58 bits per heavy atom. The first kappa shape index (κ1) is 13.8. The molecule has 19 heavy (non-hydrogen) atoms. The number of piperazine rings is 1. The lowest BCUT2D eigenvalue weighted by molar-refractivity contribution is -0.127. The Morgan fingerprint density at radius 3 is 2.95 bits per heavy atom. The van der Waals surface area contributed by atoms with Gasteiger partial charge < -0.3 is 10.2 Å². The van der Waals surface area contributed by atoms with Gasteiger partial charge in [0.2, 0.25) is 5.91 Å². The molecule has 2 rings (SSSR count). The van der Waals surface area contributed by atoms with Crippen LogP contribution >= 0.6 is 11.6 Å². The van der Waals surface area contributed by atoms with Crippen LogP contribution in [0, 0.1) is 6.92 Å². The van der Waals surface area contributed by atoms with Crippen LogP contribution in [0.4, 0.5) is 0 Å². The summed E-state index contributed by atoms with van der Waals surface area (Å²) in [7, 11) is 0. The van der Waals surface area contributed by atoms with Gasteiger partial charge in [0.15, 0.2) is 0 Å². The molecular weight excluding hydrogens is 266 g/mol. The van der Waals surface area contributed by atoms with Crippen molar-refractivity contribution in [3.63, 3.8) is 0 Å². The summed E-state index contributed by atoms with van der Waals surface area (Å²) in [5, 5.41) is 3.06. The second-order valence-corrected chi connectivity index (χ2v) is 4.92. The van der Waals surface area contributed by atoms with Crippen molar-refractivity contribution in [2.75, 3.05) is 13.1 Å². The molecule has 0 radical (unpaired) electrons. The van der Waals surface area contributed by atoms with Crippen LogP contribution in [0.15, 0.2) is 12.1 Å². The van der Waals surface area contributed by atoms with Crippen LogP contribution in [0.1, 0.15) is 29.4 Å². The highest BCUT2D eigenvalue weighted by molar-refractivity contribution is 6.29. The molecule has 1 saturated heterocycles. The number of carbonyl (C=O) groups excluding carboxylic acids is 2. The maximum atomic E-state index is 12.5. The molecule has 1 aromatic rings. The van der Waals surface area contributed by atoms with Gasteiger partial charge in [-0.1, -0.05) is 18.5 Å². The minimum absolute atomic E-state index is 0.0982. The zero-order valence-corrected chi connectivity index (χ0v) is 11.7. The fourth-order valence-corrected chi connectivity index (χ4v) is 2.53. The van der Waals surface area contributed by atoms with E-state index in [1.165, 1.54) is 6.07 Å². The van der Waals surface area contributed by atoms with Crippen LogP contribution in [0.3, 0.4) is 0 Å². The van der Waals surface area contributed by atoms with Crippen molar-refractivity contribution in [3.8, 4) is 0 Å². The summed E-state index contributed by atoms with van der Waals surface area (Å²) in [6, 6.07) is 2.82. The van der Waals surface area contributed by atoms with Crippen LogP contribution in [0.25, 0.3) is 0 Å². The Bertz CT molecular complexity index is 498. The van der Waals surface area contributed by atoms with Crippen LogP contribution in [0.5, 0.6) is 0 Å². The number of hydrogen-bond acceptors (Lipinski definition) is 3. The number of amides is 2. The summed E-state index contributed by atoms with van der Waals surface area (Å²) in [6.07, 6.45) is 0.593. The highest BCUT2D eigenvalue weighted by Gasteiger charge is 2.32. The van der Waals surface area contributed by atoms with Crippen LogP contribution in [-0.2, 0) is 4.79 Å². The van der Waals surface area contributed by atoms with Gasteiger partial charge in [-0.15, -0.1) is 0 Å². The molecule has 1 aliphatic heterocycles. The molecule has 1 fully saturated rings. The number of pyridine rings is 1. The van der Waals surface area contributed by atoms with E-state index in [4.69, 9.17) is 11.6 Å². The van der Waals surface area contributed by atoms with Crippen LogP contribution in [0.2, 0.25) is 5.15 Å². The lowest BCUT2D eigenvalue weighted by Crippen LogP contribution is -2.56. The predicted molar refractivity (Wildman–Crippen MR) is 72.1 cm³/mol. The smallest absolute Gasteiger partial charge is 0.254 e. The zero-order valence-electron chi connectivity index (χ0n) is 10.9. The Kier molecular flexibility index (Phi) is 4.04. The molecule has 2 amide bonds. The van der Waals surface area contributed by atoms with E-state index in [2.05, 4.69) is 10.3 Å². The third-order valence-corrected chi connectivity index (χ3v) is 3.34. The van der Waals surface area contributed by atoms with Gasteiger partial charge in [0.1, 0.15) is 11.2 Å². The van der Waals surface area contributed by atoms with Crippen molar-refractivity contribution in [1.82, 2.24) is 15.2 Å². The first-order valence-corrected chi connectivity index (χ1v) is 6.63. The molecule has 0 bridgehead atoms. The largest absolute Gasteiger partial charge is 0.353 e. The molecule has 102 valence electrons. The summed E-state index contributed by atoms with van der Waals surface area (Å²) in [6.45, 7) is 4.67.